The molecular weight excluding hydrogens is 288 g/mol. The monoisotopic (exact) mass is 302 g/mol. The van der Waals surface area contributed by atoms with E-state index in [2.05, 4.69) is 4.98 Å². The number of hydrogen-bond acceptors (Lipinski definition) is 3. The van der Waals surface area contributed by atoms with Crippen LogP contribution in [0.25, 0.3) is 0 Å². The number of rotatable bonds is 3. The Morgan fingerprint density at radius 3 is 2.81 bits per heavy atom. The summed E-state index contributed by atoms with van der Waals surface area (Å²) in [6.07, 6.45) is 2.12. The average molecular weight is 303 g/mol. The summed E-state index contributed by atoms with van der Waals surface area (Å²) in [7, 11) is 0. The number of anilines is 1. The Labute approximate surface area is 128 Å². The number of hydrogen-bond donors (Lipinski definition) is 0. The van der Waals surface area contributed by atoms with Crippen molar-refractivity contribution < 1.29 is 9.53 Å². The van der Waals surface area contributed by atoms with Gasteiger partial charge < -0.3 is 9.64 Å². The molecule has 1 atom stereocenters. The maximum absolute atomic E-state index is 12.8. The Hall–Kier alpha value is -2.07. The average Bonchev–Trinajstić information content (AvgIpc) is 2.66. The Morgan fingerprint density at radius 1 is 1.24 bits per heavy atom. The Balaban J connectivity index is 2.02. The molecule has 0 saturated carbocycles. The molecule has 3 rings (SSSR count). The number of fused-ring (bicyclic) bond motifs is 1. The van der Waals surface area contributed by atoms with Gasteiger partial charge in [-0.25, -0.2) is 4.98 Å². The smallest absolute Gasteiger partial charge is 0.263 e. The van der Waals surface area contributed by atoms with Gasteiger partial charge in [0.2, 0.25) is 5.88 Å². The lowest BCUT2D eigenvalue weighted by Crippen LogP contribution is -2.37. The van der Waals surface area contributed by atoms with Gasteiger partial charge in [-0.2, -0.15) is 0 Å². The molecule has 0 spiro atoms. The van der Waals surface area contributed by atoms with Crippen molar-refractivity contribution in [2.24, 2.45) is 0 Å². The number of ether oxygens (including phenoxy) is 1. The van der Waals surface area contributed by atoms with Crippen molar-refractivity contribution >= 4 is 23.2 Å². The third-order valence-corrected chi connectivity index (χ3v) is 3.63. The molecular formula is C16H15ClN2O2. The lowest BCUT2D eigenvalue weighted by atomic mass is 10.2. The topological polar surface area (TPSA) is 42.4 Å². The predicted molar refractivity (Wildman–Crippen MR) is 82.1 cm³/mol. The molecule has 1 aliphatic rings. The van der Waals surface area contributed by atoms with Crippen LogP contribution in [0, 0.1) is 0 Å². The van der Waals surface area contributed by atoms with Crippen LogP contribution in [-0.2, 0) is 0 Å². The largest absolute Gasteiger partial charge is 0.472 e. The van der Waals surface area contributed by atoms with E-state index < -0.39 is 0 Å². The highest BCUT2D eigenvalue weighted by molar-refractivity contribution is 6.17. The van der Waals surface area contributed by atoms with E-state index in [-0.39, 0.29) is 12.0 Å². The molecule has 1 aromatic heterocycles. The number of halogens is 1. The van der Waals surface area contributed by atoms with Crippen LogP contribution in [0.3, 0.4) is 0 Å². The summed E-state index contributed by atoms with van der Waals surface area (Å²) in [5.41, 5.74) is 1.33. The maximum Gasteiger partial charge on any atom is 0.263 e. The number of benzene rings is 1. The summed E-state index contributed by atoms with van der Waals surface area (Å²) >= 11 is 5.84. The zero-order valence-electron chi connectivity index (χ0n) is 11.4. The molecule has 0 N–H and O–H groups in total. The minimum atomic E-state index is -0.164. The molecule has 2 heterocycles. The fourth-order valence-electron chi connectivity index (χ4n) is 2.38. The van der Waals surface area contributed by atoms with Gasteiger partial charge in [-0.05, 0) is 30.7 Å². The van der Waals surface area contributed by atoms with Gasteiger partial charge in [0.25, 0.3) is 5.91 Å². The van der Waals surface area contributed by atoms with Crippen LogP contribution in [0.15, 0.2) is 48.7 Å². The number of pyridine rings is 1. The van der Waals surface area contributed by atoms with Crippen LogP contribution >= 0.6 is 11.6 Å². The van der Waals surface area contributed by atoms with Crippen molar-refractivity contribution in [2.45, 2.75) is 12.5 Å². The van der Waals surface area contributed by atoms with Gasteiger partial charge in [-0.3, -0.25) is 4.79 Å². The summed E-state index contributed by atoms with van der Waals surface area (Å²) in [5, 5.41) is 0. The van der Waals surface area contributed by atoms with E-state index in [1.54, 1.807) is 23.2 Å². The number of para-hydroxylation sites is 1. The van der Waals surface area contributed by atoms with Crippen LogP contribution in [0.5, 0.6) is 5.88 Å². The van der Waals surface area contributed by atoms with Gasteiger partial charge in [-0.15, -0.1) is 11.6 Å². The molecule has 0 fully saturated rings. The Bertz CT molecular complexity index is 633. The second-order valence-electron chi connectivity index (χ2n) is 4.82. The molecule has 4 nitrogen and oxygen atoms in total. The minimum absolute atomic E-state index is 0.0960. The predicted octanol–water partition coefficient (Wildman–Crippen LogP) is 3.12. The van der Waals surface area contributed by atoms with Crippen molar-refractivity contribution in [3.8, 4) is 5.88 Å². The molecule has 0 bridgehead atoms. The summed E-state index contributed by atoms with van der Waals surface area (Å²) in [4.78, 5) is 18.7. The third kappa shape index (κ3) is 2.85. The zero-order valence-corrected chi connectivity index (χ0v) is 12.2. The van der Waals surface area contributed by atoms with Crippen molar-refractivity contribution in [3.63, 3.8) is 0 Å². The fourth-order valence-corrected chi connectivity index (χ4v) is 2.62. The SMILES string of the molecule is O=C1c2cccnc2OC(CCCl)CN1c1ccccc1. The molecule has 1 aliphatic heterocycles. The molecule has 0 aliphatic carbocycles. The number of nitrogens with zero attached hydrogens (tertiary/aromatic N) is 2. The molecule has 1 unspecified atom stereocenters. The Kier molecular flexibility index (Phi) is 4.06. The van der Waals surface area contributed by atoms with Gasteiger partial charge in [0.1, 0.15) is 11.7 Å². The van der Waals surface area contributed by atoms with E-state index in [9.17, 15) is 4.79 Å². The highest BCUT2D eigenvalue weighted by Gasteiger charge is 2.30. The first kappa shape index (κ1) is 13.9. The fraction of sp³-hybridized carbons (Fsp3) is 0.250. The Morgan fingerprint density at radius 2 is 2.05 bits per heavy atom. The van der Waals surface area contributed by atoms with Crippen molar-refractivity contribution in [1.29, 1.82) is 0 Å². The van der Waals surface area contributed by atoms with E-state index in [1.165, 1.54) is 0 Å². The summed E-state index contributed by atoms with van der Waals surface area (Å²) < 4.78 is 5.86. The lowest BCUT2D eigenvalue weighted by Gasteiger charge is -2.23. The van der Waals surface area contributed by atoms with Crippen molar-refractivity contribution in [1.82, 2.24) is 4.98 Å². The van der Waals surface area contributed by atoms with E-state index in [4.69, 9.17) is 16.3 Å². The molecule has 21 heavy (non-hydrogen) atoms. The summed E-state index contributed by atoms with van der Waals surface area (Å²) in [5.74, 6) is 0.765. The van der Waals surface area contributed by atoms with Gasteiger partial charge in [-0.1, -0.05) is 18.2 Å². The quantitative estimate of drug-likeness (QED) is 0.818. The highest BCUT2D eigenvalue weighted by atomic mass is 35.5. The molecule has 108 valence electrons. The number of carbonyl (C=O) groups excluding carboxylic acids is 1. The van der Waals surface area contributed by atoms with Crippen LogP contribution in [0.4, 0.5) is 5.69 Å². The molecule has 5 heteroatoms. The van der Waals surface area contributed by atoms with E-state index in [0.29, 0.717) is 30.3 Å². The second-order valence-corrected chi connectivity index (χ2v) is 5.20. The van der Waals surface area contributed by atoms with Gasteiger partial charge in [0.05, 0.1) is 6.54 Å². The standard InChI is InChI=1S/C16H15ClN2O2/c17-9-8-13-11-19(12-5-2-1-3-6-12)16(20)14-7-4-10-18-15(14)21-13/h1-7,10,13H,8-9,11H2. The van der Waals surface area contributed by atoms with Crippen LogP contribution in [-0.4, -0.2) is 29.4 Å². The first-order chi connectivity index (χ1) is 10.3. The van der Waals surface area contributed by atoms with Crippen molar-refractivity contribution in [3.05, 3.63) is 54.2 Å². The molecule has 0 saturated heterocycles. The number of alkyl halides is 1. The molecule has 2 aromatic rings. The molecule has 1 aromatic carbocycles. The van der Waals surface area contributed by atoms with Gasteiger partial charge in [0.15, 0.2) is 0 Å². The number of amides is 1. The van der Waals surface area contributed by atoms with E-state index in [1.807, 2.05) is 30.3 Å². The summed E-state index contributed by atoms with van der Waals surface area (Å²) in [6.45, 7) is 0.464. The van der Waals surface area contributed by atoms with Crippen molar-refractivity contribution in [2.75, 3.05) is 17.3 Å². The maximum atomic E-state index is 12.8. The van der Waals surface area contributed by atoms with Gasteiger partial charge >= 0.3 is 0 Å². The van der Waals surface area contributed by atoms with Crippen LogP contribution in [0.2, 0.25) is 0 Å². The number of aromatic nitrogens is 1. The third-order valence-electron chi connectivity index (χ3n) is 3.41. The van der Waals surface area contributed by atoms with Gasteiger partial charge in [0, 0.05) is 17.8 Å². The molecule has 1 amide bonds. The van der Waals surface area contributed by atoms with E-state index >= 15 is 0 Å². The first-order valence-electron chi connectivity index (χ1n) is 6.84. The second kappa shape index (κ2) is 6.14. The zero-order chi connectivity index (χ0) is 14.7. The summed E-state index contributed by atoms with van der Waals surface area (Å²) in [6, 6.07) is 13.1. The lowest BCUT2D eigenvalue weighted by molar-refractivity contribution is 0.0986. The first-order valence-corrected chi connectivity index (χ1v) is 7.37. The number of carbonyl (C=O) groups is 1. The normalized spacial score (nSPS) is 17.9. The van der Waals surface area contributed by atoms with Crippen LogP contribution < -0.4 is 9.64 Å². The van der Waals surface area contributed by atoms with E-state index in [0.717, 1.165) is 5.69 Å². The minimum Gasteiger partial charge on any atom is -0.472 e. The van der Waals surface area contributed by atoms with Crippen LogP contribution in [0.1, 0.15) is 16.8 Å². The highest BCUT2D eigenvalue weighted by Crippen LogP contribution is 2.27. The molecule has 0 radical (unpaired) electrons.